The van der Waals surface area contributed by atoms with Crippen molar-refractivity contribution in [3.63, 3.8) is 0 Å². The summed E-state index contributed by atoms with van der Waals surface area (Å²) >= 11 is 9.56. The molecule has 7 heteroatoms. The largest absolute Gasteiger partial charge is 0.335 e. The zero-order chi connectivity index (χ0) is 18.0. The van der Waals surface area contributed by atoms with E-state index in [1.807, 2.05) is 37.3 Å². The van der Waals surface area contributed by atoms with Crippen LogP contribution in [0.4, 0.5) is 0 Å². The minimum atomic E-state index is -0.126. The molecule has 0 radical (unpaired) electrons. The summed E-state index contributed by atoms with van der Waals surface area (Å²) in [5.41, 5.74) is 2.41. The van der Waals surface area contributed by atoms with Crippen molar-refractivity contribution in [3.05, 3.63) is 75.7 Å². The van der Waals surface area contributed by atoms with Crippen molar-refractivity contribution in [3.8, 4) is 5.69 Å². The van der Waals surface area contributed by atoms with Crippen LogP contribution in [-0.4, -0.2) is 32.6 Å². The molecule has 128 valence electrons. The number of carbonyl (C=O) groups excluding carboxylic acids is 1. The maximum Gasteiger partial charge on any atom is 0.255 e. The lowest BCUT2D eigenvalue weighted by Crippen LogP contribution is -2.29. The molecule has 0 aliphatic heterocycles. The van der Waals surface area contributed by atoms with E-state index in [0.717, 1.165) is 15.7 Å². The van der Waals surface area contributed by atoms with Gasteiger partial charge in [-0.1, -0.05) is 39.7 Å². The van der Waals surface area contributed by atoms with Crippen molar-refractivity contribution in [1.82, 2.24) is 19.7 Å². The summed E-state index contributed by atoms with van der Waals surface area (Å²) in [6.07, 6.45) is 3.13. The Morgan fingerprint density at radius 2 is 1.96 bits per heavy atom. The number of benzene rings is 2. The summed E-state index contributed by atoms with van der Waals surface area (Å²) in [7, 11) is 1.77. The average molecular weight is 420 g/mol. The predicted molar refractivity (Wildman–Crippen MR) is 101 cm³/mol. The second-order valence-electron chi connectivity index (χ2n) is 5.65. The SMILES string of the molecule is C[C@H](c1ccc(-n2cncn2)cc1)N(C)C(=O)c1cc(Br)ccc1Cl. The second-order valence-corrected chi connectivity index (χ2v) is 6.97. The first kappa shape index (κ1) is 17.6. The molecule has 0 bridgehead atoms. The standard InChI is InChI=1S/C18H16BrClN4O/c1-12(13-3-6-15(7-4-13)24-11-21-10-22-24)23(2)18(25)16-9-14(19)5-8-17(16)20/h3-12H,1-2H3/t12-/m1/s1. The highest BCUT2D eigenvalue weighted by atomic mass is 79.9. The molecular weight excluding hydrogens is 404 g/mol. The summed E-state index contributed by atoms with van der Waals surface area (Å²) in [6.45, 7) is 1.98. The summed E-state index contributed by atoms with van der Waals surface area (Å²) in [4.78, 5) is 18.4. The molecule has 0 fully saturated rings. The normalized spacial score (nSPS) is 12.0. The molecule has 5 nitrogen and oxygen atoms in total. The van der Waals surface area contributed by atoms with E-state index < -0.39 is 0 Å². The van der Waals surface area contributed by atoms with Gasteiger partial charge in [-0.15, -0.1) is 0 Å². The first-order valence-corrected chi connectivity index (χ1v) is 8.81. The van der Waals surface area contributed by atoms with Gasteiger partial charge in [-0.05, 0) is 42.8 Å². The number of hydrogen-bond acceptors (Lipinski definition) is 3. The van der Waals surface area contributed by atoms with Crippen molar-refractivity contribution in [2.75, 3.05) is 7.05 Å². The Kier molecular flexibility index (Phi) is 5.20. The Morgan fingerprint density at radius 1 is 1.24 bits per heavy atom. The zero-order valence-corrected chi connectivity index (χ0v) is 16.1. The number of amides is 1. The van der Waals surface area contributed by atoms with Crippen molar-refractivity contribution in [2.24, 2.45) is 0 Å². The van der Waals surface area contributed by atoms with Gasteiger partial charge < -0.3 is 4.90 Å². The van der Waals surface area contributed by atoms with Crippen LogP contribution in [0.5, 0.6) is 0 Å². The minimum Gasteiger partial charge on any atom is -0.335 e. The van der Waals surface area contributed by atoms with Crippen LogP contribution in [0.3, 0.4) is 0 Å². The van der Waals surface area contributed by atoms with Gasteiger partial charge in [0, 0.05) is 11.5 Å². The van der Waals surface area contributed by atoms with Gasteiger partial charge in [-0.2, -0.15) is 5.10 Å². The Morgan fingerprint density at radius 3 is 2.60 bits per heavy atom. The molecule has 1 atom stereocenters. The van der Waals surface area contributed by atoms with Gasteiger partial charge in [0.2, 0.25) is 0 Å². The van der Waals surface area contributed by atoms with Crippen LogP contribution in [0.15, 0.2) is 59.6 Å². The van der Waals surface area contributed by atoms with Gasteiger partial charge in [0.25, 0.3) is 5.91 Å². The van der Waals surface area contributed by atoms with Crippen LogP contribution >= 0.6 is 27.5 Å². The summed E-state index contributed by atoms with van der Waals surface area (Å²) < 4.78 is 2.50. The van der Waals surface area contributed by atoms with E-state index in [2.05, 4.69) is 26.0 Å². The van der Waals surface area contributed by atoms with E-state index in [9.17, 15) is 4.79 Å². The highest BCUT2D eigenvalue weighted by Gasteiger charge is 2.21. The smallest absolute Gasteiger partial charge is 0.255 e. The van der Waals surface area contributed by atoms with Crippen molar-refractivity contribution < 1.29 is 4.79 Å². The molecule has 3 aromatic rings. The predicted octanol–water partition coefficient (Wildman–Crippen LogP) is 4.52. The molecule has 1 heterocycles. The van der Waals surface area contributed by atoms with Gasteiger partial charge in [0.15, 0.2) is 0 Å². The van der Waals surface area contributed by atoms with Gasteiger partial charge >= 0.3 is 0 Å². The topological polar surface area (TPSA) is 51.0 Å². The molecular formula is C18H16BrClN4O. The van der Waals surface area contributed by atoms with Gasteiger partial charge in [0.05, 0.1) is 22.3 Å². The molecule has 0 unspecified atom stereocenters. The third kappa shape index (κ3) is 3.75. The minimum absolute atomic E-state index is 0.104. The molecule has 1 aromatic heterocycles. The van der Waals surface area contributed by atoms with Crippen LogP contribution < -0.4 is 0 Å². The number of halogens is 2. The molecule has 0 spiro atoms. The first-order chi connectivity index (χ1) is 12.0. The Bertz CT molecular complexity index is 881. The van der Waals surface area contributed by atoms with Crippen molar-refractivity contribution in [2.45, 2.75) is 13.0 Å². The number of aromatic nitrogens is 3. The number of nitrogens with zero attached hydrogens (tertiary/aromatic N) is 4. The molecule has 1 amide bonds. The maximum atomic E-state index is 12.8. The summed E-state index contributed by atoms with van der Waals surface area (Å²) in [6, 6.07) is 13.0. The van der Waals surface area contributed by atoms with E-state index >= 15 is 0 Å². The molecule has 0 aliphatic carbocycles. The van der Waals surface area contributed by atoms with Crippen LogP contribution in [0, 0.1) is 0 Å². The maximum absolute atomic E-state index is 12.8. The van der Waals surface area contributed by atoms with E-state index in [0.29, 0.717) is 10.6 Å². The fraction of sp³-hybridized carbons (Fsp3) is 0.167. The van der Waals surface area contributed by atoms with Crippen molar-refractivity contribution >= 4 is 33.4 Å². The molecule has 0 N–H and O–H groups in total. The lowest BCUT2D eigenvalue weighted by atomic mass is 10.1. The molecule has 25 heavy (non-hydrogen) atoms. The average Bonchev–Trinajstić information content (AvgIpc) is 3.16. The molecule has 0 saturated heterocycles. The zero-order valence-electron chi connectivity index (χ0n) is 13.7. The highest BCUT2D eigenvalue weighted by molar-refractivity contribution is 9.10. The third-order valence-corrected chi connectivity index (χ3v) is 4.94. The van der Waals surface area contributed by atoms with Gasteiger partial charge in [-0.25, -0.2) is 9.67 Å². The van der Waals surface area contributed by atoms with E-state index in [4.69, 9.17) is 11.6 Å². The second kappa shape index (κ2) is 7.37. The van der Waals surface area contributed by atoms with Gasteiger partial charge in [-0.3, -0.25) is 4.79 Å². The Hall–Kier alpha value is -2.18. The summed E-state index contributed by atoms with van der Waals surface area (Å²) in [5.74, 6) is -0.126. The lowest BCUT2D eigenvalue weighted by molar-refractivity contribution is 0.0743. The third-order valence-electron chi connectivity index (χ3n) is 4.12. The highest BCUT2D eigenvalue weighted by Crippen LogP contribution is 2.26. The Labute approximate surface area is 159 Å². The van der Waals surface area contributed by atoms with Crippen LogP contribution in [0.25, 0.3) is 5.69 Å². The monoisotopic (exact) mass is 418 g/mol. The lowest BCUT2D eigenvalue weighted by Gasteiger charge is -2.26. The van der Waals surface area contributed by atoms with Crippen molar-refractivity contribution in [1.29, 1.82) is 0 Å². The van der Waals surface area contributed by atoms with E-state index in [1.165, 1.54) is 6.33 Å². The van der Waals surface area contributed by atoms with E-state index in [1.54, 1.807) is 35.1 Å². The number of carbonyl (C=O) groups is 1. The van der Waals surface area contributed by atoms with Crippen LogP contribution in [-0.2, 0) is 0 Å². The fourth-order valence-electron chi connectivity index (χ4n) is 2.50. The fourth-order valence-corrected chi connectivity index (χ4v) is 3.06. The summed E-state index contributed by atoms with van der Waals surface area (Å²) in [5, 5.41) is 4.54. The Balaban J connectivity index is 1.81. The molecule has 3 rings (SSSR count). The van der Waals surface area contributed by atoms with E-state index in [-0.39, 0.29) is 11.9 Å². The number of hydrogen-bond donors (Lipinski definition) is 0. The quantitative estimate of drug-likeness (QED) is 0.625. The molecule has 2 aromatic carbocycles. The molecule has 0 aliphatic rings. The number of rotatable bonds is 4. The van der Waals surface area contributed by atoms with Crippen LogP contribution in [0.1, 0.15) is 28.9 Å². The molecule has 0 saturated carbocycles. The van der Waals surface area contributed by atoms with Crippen LogP contribution in [0.2, 0.25) is 5.02 Å². The van der Waals surface area contributed by atoms with Gasteiger partial charge in [0.1, 0.15) is 12.7 Å². The first-order valence-electron chi connectivity index (χ1n) is 7.64.